The van der Waals surface area contributed by atoms with E-state index in [1.807, 2.05) is 55.5 Å². The molecule has 2 aromatic carbocycles. The van der Waals surface area contributed by atoms with Crippen LogP contribution in [0.3, 0.4) is 0 Å². The Kier molecular flexibility index (Phi) is 6.40. The molecule has 0 fully saturated rings. The number of nitro groups is 1. The summed E-state index contributed by atoms with van der Waals surface area (Å²) in [4.78, 5) is 26.3. The first-order valence-electron chi connectivity index (χ1n) is 10.2. The van der Waals surface area contributed by atoms with Crippen LogP contribution in [0.5, 0.6) is 5.75 Å². The number of nitrogens with one attached hydrogen (secondary N) is 1. The Morgan fingerprint density at radius 3 is 2.52 bits per heavy atom. The number of ether oxygens (including phenoxy) is 1. The summed E-state index contributed by atoms with van der Waals surface area (Å²) in [6.07, 6.45) is 2.94. The molecular weight excluding hydrogens is 420 g/mol. The molecule has 9 heteroatoms. The van der Waals surface area contributed by atoms with E-state index in [0.717, 1.165) is 11.1 Å². The van der Waals surface area contributed by atoms with Gasteiger partial charge in [0, 0.05) is 6.20 Å². The van der Waals surface area contributed by atoms with Gasteiger partial charge in [-0.2, -0.15) is 0 Å². The highest BCUT2D eigenvalue weighted by Crippen LogP contribution is 2.38. The standard InChI is InChI=1S/C24H22N6O3/c1-17-11-12-20(33-2)19(14-17)28-23-22(30(31)32)24(27-16-26-23)29(21-10-6-7-13-25-21)15-18-8-4-3-5-9-18/h3-14,16H,15H2,1-2H3,(H,26,27,28). The molecule has 0 aliphatic heterocycles. The van der Waals surface area contributed by atoms with Gasteiger partial charge in [-0.15, -0.1) is 0 Å². The Morgan fingerprint density at radius 1 is 1.03 bits per heavy atom. The second-order valence-electron chi connectivity index (χ2n) is 7.24. The van der Waals surface area contributed by atoms with E-state index >= 15 is 0 Å². The number of benzene rings is 2. The summed E-state index contributed by atoms with van der Waals surface area (Å²) >= 11 is 0. The molecule has 0 spiro atoms. The van der Waals surface area contributed by atoms with Crippen LogP contribution in [-0.2, 0) is 6.54 Å². The van der Waals surface area contributed by atoms with Crippen molar-refractivity contribution in [2.24, 2.45) is 0 Å². The molecule has 0 amide bonds. The maximum Gasteiger partial charge on any atom is 0.354 e. The van der Waals surface area contributed by atoms with Gasteiger partial charge in [-0.1, -0.05) is 42.5 Å². The van der Waals surface area contributed by atoms with Crippen molar-refractivity contribution in [2.75, 3.05) is 17.3 Å². The van der Waals surface area contributed by atoms with E-state index in [1.165, 1.54) is 6.33 Å². The van der Waals surface area contributed by atoms with Gasteiger partial charge in [-0.25, -0.2) is 15.0 Å². The lowest BCUT2D eigenvalue weighted by Gasteiger charge is -2.23. The van der Waals surface area contributed by atoms with Crippen LogP contribution in [-0.4, -0.2) is 27.0 Å². The number of rotatable bonds is 8. The van der Waals surface area contributed by atoms with Crippen LogP contribution in [0.1, 0.15) is 11.1 Å². The summed E-state index contributed by atoms with van der Waals surface area (Å²) in [6, 6.07) is 20.6. The number of pyridine rings is 1. The Labute approximate surface area is 190 Å². The molecular formula is C24H22N6O3. The zero-order valence-corrected chi connectivity index (χ0v) is 18.2. The predicted octanol–water partition coefficient (Wildman–Crippen LogP) is 5.18. The molecule has 0 aliphatic carbocycles. The number of anilines is 4. The molecule has 0 atom stereocenters. The van der Waals surface area contributed by atoms with E-state index in [-0.39, 0.29) is 17.3 Å². The van der Waals surface area contributed by atoms with E-state index in [9.17, 15) is 10.1 Å². The highest BCUT2D eigenvalue weighted by atomic mass is 16.6. The van der Waals surface area contributed by atoms with Crippen LogP contribution >= 0.6 is 0 Å². The van der Waals surface area contributed by atoms with E-state index in [2.05, 4.69) is 20.3 Å². The molecule has 1 N–H and O–H groups in total. The molecule has 9 nitrogen and oxygen atoms in total. The Bertz CT molecular complexity index is 1250. The molecule has 0 bridgehead atoms. The molecule has 4 aromatic rings. The van der Waals surface area contributed by atoms with Crippen LogP contribution < -0.4 is 15.0 Å². The normalized spacial score (nSPS) is 10.5. The number of methoxy groups -OCH3 is 1. The molecule has 4 rings (SSSR count). The first-order chi connectivity index (χ1) is 16.1. The Balaban J connectivity index is 1.83. The molecule has 166 valence electrons. The zero-order valence-electron chi connectivity index (χ0n) is 18.2. The summed E-state index contributed by atoms with van der Waals surface area (Å²) in [5.74, 6) is 1.26. The average Bonchev–Trinajstić information content (AvgIpc) is 2.83. The number of hydrogen-bond acceptors (Lipinski definition) is 8. The summed E-state index contributed by atoms with van der Waals surface area (Å²) in [7, 11) is 1.54. The van der Waals surface area contributed by atoms with Crippen molar-refractivity contribution in [3.8, 4) is 5.75 Å². The maximum atomic E-state index is 12.2. The topological polar surface area (TPSA) is 106 Å². The van der Waals surface area contributed by atoms with Crippen LogP contribution in [0.15, 0.2) is 79.3 Å². The third-order valence-corrected chi connectivity index (χ3v) is 4.96. The van der Waals surface area contributed by atoms with Crippen molar-refractivity contribution < 1.29 is 9.66 Å². The van der Waals surface area contributed by atoms with Crippen molar-refractivity contribution >= 4 is 28.8 Å². The fourth-order valence-electron chi connectivity index (χ4n) is 3.42. The first kappa shape index (κ1) is 21.7. The lowest BCUT2D eigenvalue weighted by atomic mass is 10.2. The predicted molar refractivity (Wildman–Crippen MR) is 126 cm³/mol. The van der Waals surface area contributed by atoms with Crippen molar-refractivity contribution in [2.45, 2.75) is 13.5 Å². The van der Waals surface area contributed by atoms with E-state index in [4.69, 9.17) is 4.74 Å². The molecule has 0 saturated carbocycles. The highest BCUT2D eigenvalue weighted by Gasteiger charge is 2.29. The molecule has 33 heavy (non-hydrogen) atoms. The van der Waals surface area contributed by atoms with Crippen LogP contribution in [0.4, 0.5) is 28.8 Å². The second kappa shape index (κ2) is 9.73. The molecule has 2 aromatic heterocycles. The second-order valence-corrected chi connectivity index (χ2v) is 7.24. The monoisotopic (exact) mass is 442 g/mol. The van der Waals surface area contributed by atoms with Crippen LogP contribution in [0, 0.1) is 17.0 Å². The van der Waals surface area contributed by atoms with Crippen molar-refractivity contribution in [3.05, 3.63) is 100 Å². The summed E-state index contributed by atoms with van der Waals surface area (Å²) in [5, 5.41) is 15.3. The van der Waals surface area contributed by atoms with Crippen molar-refractivity contribution in [3.63, 3.8) is 0 Å². The van der Waals surface area contributed by atoms with Gasteiger partial charge in [0.2, 0.25) is 11.6 Å². The Morgan fingerprint density at radius 2 is 1.82 bits per heavy atom. The van der Waals surface area contributed by atoms with Gasteiger partial charge in [0.1, 0.15) is 17.9 Å². The third-order valence-electron chi connectivity index (χ3n) is 4.96. The van der Waals surface area contributed by atoms with Gasteiger partial charge in [-0.05, 0) is 42.3 Å². The summed E-state index contributed by atoms with van der Waals surface area (Å²) < 4.78 is 5.40. The quantitative estimate of drug-likeness (QED) is 0.294. The van der Waals surface area contributed by atoms with E-state index < -0.39 is 4.92 Å². The average molecular weight is 442 g/mol. The molecule has 0 unspecified atom stereocenters. The fourth-order valence-corrected chi connectivity index (χ4v) is 3.42. The van der Waals surface area contributed by atoms with Gasteiger partial charge >= 0.3 is 5.69 Å². The zero-order chi connectivity index (χ0) is 23.2. The lowest BCUT2D eigenvalue weighted by molar-refractivity contribution is -0.383. The number of aryl methyl sites for hydroxylation is 1. The Hall–Kier alpha value is -4.53. The molecule has 0 radical (unpaired) electrons. The number of hydrogen-bond donors (Lipinski definition) is 1. The minimum absolute atomic E-state index is 0.0582. The van der Waals surface area contributed by atoms with Crippen LogP contribution in [0.2, 0.25) is 0 Å². The first-order valence-corrected chi connectivity index (χ1v) is 10.2. The summed E-state index contributed by atoms with van der Waals surface area (Å²) in [6.45, 7) is 2.26. The number of nitrogens with zero attached hydrogens (tertiary/aromatic N) is 5. The maximum absolute atomic E-state index is 12.2. The largest absolute Gasteiger partial charge is 0.495 e. The third kappa shape index (κ3) is 4.87. The van der Waals surface area contributed by atoms with Crippen molar-refractivity contribution in [1.29, 1.82) is 0 Å². The van der Waals surface area contributed by atoms with Gasteiger partial charge in [0.15, 0.2) is 0 Å². The fraction of sp³-hybridized carbons (Fsp3) is 0.125. The van der Waals surface area contributed by atoms with Crippen LogP contribution in [0.25, 0.3) is 0 Å². The molecule has 0 aliphatic rings. The van der Waals surface area contributed by atoms with Crippen molar-refractivity contribution in [1.82, 2.24) is 15.0 Å². The van der Waals surface area contributed by atoms with E-state index in [1.54, 1.807) is 36.4 Å². The lowest BCUT2D eigenvalue weighted by Crippen LogP contribution is -2.21. The SMILES string of the molecule is COc1ccc(C)cc1Nc1ncnc(N(Cc2ccccc2)c2ccccn2)c1[N+](=O)[O-]. The van der Waals surface area contributed by atoms with Gasteiger partial charge in [-0.3, -0.25) is 10.1 Å². The number of aromatic nitrogens is 3. The minimum Gasteiger partial charge on any atom is -0.495 e. The van der Waals surface area contributed by atoms with Gasteiger partial charge < -0.3 is 15.0 Å². The van der Waals surface area contributed by atoms with E-state index in [0.29, 0.717) is 23.8 Å². The smallest absolute Gasteiger partial charge is 0.354 e. The summed E-state index contributed by atoms with van der Waals surface area (Å²) in [5.41, 5.74) is 2.22. The highest BCUT2D eigenvalue weighted by molar-refractivity contribution is 5.79. The van der Waals surface area contributed by atoms with Gasteiger partial charge in [0.25, 0.3) is 0 Å². The molecule has 2 heterocycles. The minimum atomic E-state index is -0.485. The molecule has 0 saturated heterocycles. The van der Waals surface area contributed by atoms with Gasteiger partial charge in [0.05, 0.1) is 24.3 Å².